The van der Waals surface area contributed by atoms with Crippen molar-refractivity contribution in [2.24, 2.45) is 5.92 Å². The minimum Gasteiger partial charge on any atom is -0.437 e. The highest BCUT2D eigenvalue weighted by molar-refractivity contribution is 5.80. The van der Waals surface area contributed by atoms with E-state index in [4.69, 9.17) is 10.5 Å². The molecule has 1 aliphatic carbocycles. The lowest BCUT2D eigenvalue weighted by Gasteiger charge is -2.42. The number of hydrogen-bond donors (Lipinski definition) is 3. The Morgan fingerprint density at radius 1 is 1.02 bits per heavy atom. The highest BCUT2D eigenvalue weighted by Gasteiger charge is 2.46. The molecule has 3 fully saturated rings. The van der Waals surface area contributed by atoms with Crippen LogP contribution >= 0.6 is 0 Å². The van der Waals surface area contributed by atoms with E-state index in [1.54, 1.807) is 29.2 Å². The number of alkyl halides is 2. The molecule has 1 aromatic heterocycles. The second-order valence-electron chi connectivity index (χ2n) is 12.8. The van der Waals surface area contributed by atoms with Crippen LogP contribution < -0.4 is 21.3 Å². The number of aliphatic hydroxyl groups is 1. The molecule has 45 heavy (non-hydrogen) atoms. The fraction of sp³-hybridized carbons (Fsp3) is 0.500. The molecule has 0 bridgehead atoms. The third-order valence-corrected chi connectivity index (χ3v) is 9.68. The van der Waals surface area contributed by atoms with Gasteiger partial charge < -0.3 is 25.8 Å². The highest BCUT2D eigenvalue weighted by Crippen LogP contribution is 2.46. The maximum absolute atomic E-state index is 14.4. The van der Waals surface area contributed by atoms with Crippen LogP contribution in [0.25, 0.3) is 0 Å². The highest BCUT2D eigenvalue weighted by atomic mass is 19.3. The van der Waals surface area contributed by atoms with Gasteiger partial charge in [-0.05, 0) is 61.9 Å². The van der Waals surface area contributed by atoms with Crippen LogP contribution in [-0.4, -0.2) is 56.6 Å². The molecule has 0 spiro atoms. The topological polar surface area (TPSA) is 123 Å². The molecule has 4 N–H and O–H groups in total. The van der Waals surface area contributed by atoms with E-state index in [1.165, 1.54) is 29.3 Å². The second-order valence-corrected chi connectivity index (χ2v) is 12.8. The zero-order valence-electron chi connectivity index (χ0n) is 25.3. The Morgan fingerprint density at radius 3 is 2.44 bits per heavy atom. The number of anilines is 1. The Hall–Kier alpha value is -3.83. The molecule has 3 heterocycles. The summed E-state index contributed by atoms with van der Waals surface area (Å²) in [6.45, 7) is 1.48. The summed E-state index contributed by atoms with van der Waals surface area (Å²) in [5.41, 5.74) is 6.10. The van der Waals surface area contributed by atoms with Gasteiger partial charge in [-0.15, -0.1) is 0 Å². The second kappa shape index (κ2) is 12.9. The summed E-state index contributed by atoms with van der Waals surface area (Å²) in [5.74, 6) is -3.56. The monoisotopic (exact) mass is 621 g/mol. The average Bonchev–Trinajstić information content (AvgIpc) is 3.05. The summed E-state index contributed by atoms with van der Waals surface area (Å²) in [6, 6.07) is 17.0. The number of amides is 1. The molecule has 240 valence electrons. The number of halogens is 2. The molecule has 1 saturated carbocycles. The number of carbonyl (C=O) groups excluding carboxylic acids is 1. The molecule has 6 rings (SSSR count). The van der Waals surface area contributed by atoms with Gasteiger partial charge in [-0.1, -0.05) is 48.9 Å². The Bertz CT molecular complexity index is 1530. The number of piperidine rings is 2. The minimum absolute atomic E-state index is 0.00164. The summed E-state index contributed by atoms with van der Waals surface area (Å²) >= 11 is 0. The van der Waals surface area contributed by atoms with Crippen LogP contribution in [0.1, 0.15) is 74.5 Å². The van der Waals surface area contributed by atoms with Gasteiger partial charge in [0, 0.05) is 43.8 Å². The third-order valence-electron chi connectivity index (χ3n) is 9.68. The van der Waals surface area contributed by atoms with E-state index in [0.29, 0.717) is 11.8 Å². The van der Waals surface area contributed by atoms with Crippen molar-refractivity contribution in [1.82, 2.24) is 19.8 Å². The first-order valence-electron chi connectivity index (χ1n) is 15.9. The first-order chi connectivity index (χ1) is 21.6. The van der Waals surface area contributed by atoms with E-state index in [1.807, 2.05) is 30.3 Å². The van der Waals surface area contributed by atoms with Gasteiger partial charge in [-0.2, -0.15) is 0 Å². The molecule has 2 saturated heterocycles. The van der Waals surface area contributed by atoms with E-state index in [2.05, 4.69) is 10.3 Å². The molecule has 0 radical (unpaired) electrons. The molecule has 3 atom stereocenters. The lowest BCUT2D eigenvalue weighted by Crippen LogP contribution is -2.52. The number of nitrogen functional groups attached to an aromatic ring is 1. The summed E-state index contributed by atoms with van der Waals surface area (Å²) < 4.78 is 35.9. The molecule has 3 aliphatic rings. The molecule has 1 amide bonds. The van der Waals surface area contributed by atoms with Crippen LogP contribution in [0.3, 0.4) is 0 Å². The van der Waals surface area contributed by atoms with Crippen LogP contribution in [0.15, 0.2) is 65.7 Å². The lowest BCUT2D eigenvalue weighted by molar-refractivity contribution is -0.145. The van der Waals surface area contributed by atoms with Gasteiger partial charge in [-0.25, -0.2) is 13.8 Å². The molecule has 9 nitrogen and oxygen atoms in total. The number of likely N-dealkylation sites (tertiary alicyclic amines) is 1. The Kier molecular flexibility index (Phi) is 8.92. The molecule has 3 aromatic rings. The molecule has 11 heteroatoms. The van der Waals surface area contributed by atoms with Gasteiger partial charge >= 0.3 is 0 Å². The van der Waals surface area contributed by atoms with Crippen LogP contribution in [-0.2, 0) is 11.3 Å². The van der Waals surface area contributed by atoms with Gasteiger partial charge in [-0.3, -0.25) is 14.2 Å². The largest absolute Gasteiger partial charge is 0.437 e. The number of nitrogens with two attached hydrogens (primary N) is 1. The summed E-state index contributed by atoms with van der Waals surface area (Å²) in [4.78, 5) is 32.7. The fourth-order valence-corrected chi connectivity index (χ4v) is 7.03. The molecular weight excluding hydrogens is 580 g/mol. The van der Waals surface area contributed by atoms with E-state index in [9.17, 15) is 23.5 Å². The zero-order valence-corrected chi connectivity index (χ0v) is 25.3. The Labute approximate surface area is 261 Å². The van der Waals surface area contributed by atoms with Crippen molar-refractivity contribution >= 4 is 11.6 Å². The van der Waals surface area contributed by atoms with Crippen LogP contribution in [0.2, 0.25) is 0 Å². The Balaban J connectivity index is 1.07. The van der Waals surface area contributed by atoms with Gasteiger partial charge in [0.1, 0.15) is 12.1 Å². The van der Waals surface area contributed by atoms with Gasteiger partial charge in [0.15, 0.2) is 5.69 Å². The lowest BCUT2D eigenvalue weighted by atomic mass is 9.73. The number of nitrogens with zero attached hydrogens (tertiary/aromatic N) is 3. The zero-order chi connectivity index (χ0) is 31.6. The van der Waals surface area contributed by atoms with Gasteiger partial charge in [0.2, 0.25) is 17.7 Å². The summed E-state index contributed by atoms with van der Waals surface area (Å²) in [7, 11) is 0. The van der Waals surface area contributed by atoms with Crippen LogP contribution in [0.5, 0.6) is 11.6 Å². The number of nitrogens with one attached hydrogen (secondary N) is 1. The normalized spacial score (nSPS) is 24.6. The first kappa shape index (κ1) is 31.2. The molecule has 2 aliphatic heterocycles. The van der Waals surface area contributed by atoms with Crippen LogP contribution in [0.4, 0.5) is 14.5 Å². The van der Waals surface area contributed by atoms with E-state index in [0.717, 1.165) is 18.5 Å². The van der Waals surface area contributed by atoms with Crippen molar-refractivity contribution in [2.45, 2.75) is 81.4 Å². The smallest absolute Gasteiger partial charge is 0.280 e. The van der Waals surface area contributed by atoms with Crippen molar-refractivity contribution in [3.63, 3.8) is 0 Å². The number of benzene rings is 2. The predicted octanol–water partition coefficient (Wildman–Crippen LogP) is 5.01. The SMILES string of the molecule is Nc1c(Oc2ccc(C3CCCCN3)cc2)ncn(CC2(O)CCN(C(=O)[C@@H]3CCC(F)(F)C[C@H]3c3ccccc3)CC2)c1=O. The quantitative estimate of drug-likeness (QED) is 0.339. The third kappa shape index (κ3) is 7.04. The van der Waals surface area contributed by atoms with Crippen LogP contribution in [0, 0.1) is 5.92 Å². The molecule has 1 unspecified atom stereocenters. The number of aromatic nitrogens is 2. The number of rotatable bonds is 7. The number of ether oxygens (including phenoxy) is 1. The number of carbonyl (C=O) groups is 1. The molecular formula is C34H41F2N5O4. The van der Waals surface area contributed by atoms with E-state index < -0.39 is 28.9 Å². The van der Waals surface area contributed by atoms with Gasteiger partial charge in [0.25, 0.3) is 5.56 Å². The van der Waals surface area contributed by atoms with E-state index >= 15 is 0 Å². The summed E-state index contributed by atoms with van der Waals surface area (Å²) in [5, 5.41) is 14.9. The maximum atomic E-state index is 14.4. The van der Waals surface area contributed by atoms with Crippen molar-refractivity contribution in [3.05, 3.63) is 82.4 Å². The molecule has 2 aromatic carbocycles. The van der Waals surface area contributed by atoms with Crippen molar-refractivity contribution < 1.29 is 23.4 Å². The van der Waals surface area contributed by atoms with Gasteiger partial charge in [0.05, 0.1) is 12.1 Å². The maximum Gasteiger partial charge on any atom is 0.280 e. The van der Waals surface area contributed by atoms with Crippen molar-refractivity contribution in [1.29, 1.82) is 0 Å². The van der Waals surface area contributed by atoms with Crippen molar-refractivity contribution in [3.8, 4) is 11.6 Å². The fourth-order valence-electron chi connectivity index (χ4n) is 7.03. The average molecular weight is 622 g/mol. The number of hydrogen-bond acceptors (Lipinski definition) is 7. The first-order valence-corrected chi connectivity index (χ1v) is 15.9. The predicted molar refractivity (Wildman–Crippen MR) is 166 cm³/mol. The standard InChI is InChI=1S/C34H41F2N5O4/c35-34(36)14-13-26(27(20-34)23-6-2-1-3-7-23)31(42)40-18-15-33(44,16-19-40)21-41-22-39-30(29(37)32(41)43)45-25-11-9-24(10-12-25)28-8-4-5-17-38-28/h1-3,6-7,9-12,22,26-28,38,44H,4-5,8,13-21,37H2/t26-,27+,28?/m1/s1. The summed E-state index contributed by atoms with van der Waals surface area (Å²) in [6.07, 6.45) is 4.68. The van der Waals surface area contributed by atoms with Crippen molar-refractivity contribution in [2.75, 3.05) is 25.4 Å². The Morgan fingerprint density at radius 2 is 1.76 bits per heavy atom. The van der Waals surface area contributed by atoms with E-state index in [-0.39, 0.29) is 69.2 Å². The minimum atomic E-state index is -2.81.